The zero-order valence-corrected chi connectivity index (χ0v) is 23.4. The number of carbonyl (C=O) groups is 2. The van der Waals surface area contributed by atoms with E-state index in [1.54, 1.807) is 12.2 Å². The highest BCUT2D eigenvalue weighted by molar-refractivity contribution is 8.13. The molecule has 5 nitrogen and oxygen atoms in total. The SMILES string of the molecule is Cc1ccc(CN2CC3CC4(C)C5CCC6=CC(=O)C=CC6(C)C5(F)C(O)CC4(C)C3(C(=O)SCF)C2)o1. The largest absolute Gasteiger partial charge is 0.465 e. The first-order valence-electron chi connectivity index (χ1n) is 13.7. The van der Waals surface area contributed by atoms with E-state index in [1.165, 1.54) is 6.08 Å². The Bertz CT molecular complexity index is 1260. The molecule has 0 spiro atoms. The minimum absolute atomic E-state index is 0.0807. The number of likely N-dealkylation sites (tertiary alicyclic amines) is 1. The number of halogens is 2. The fraction of sp³-hybridized carbons (Fsp3) is 0.667. The predicted molar refractivity (Wildman–Crippen MR) is 142 cm³/mol. The average Bonchev–Trinajstić information content (AvgIpc) is 3.47. The second-order valence-corrected chi connectivity index (χ2v) is 13.9. The van der Waals surface area contributed by atoms with E-state index in [2.05, 4.69) is 18.7 Å². The summed E-state index contributed by atoms with van der Waals surface area (Å²) in [6.07, 6.45) is 5.14. The smallest absolute Gasteiger partial charge is 0.199 e. The van der Waals surface area contributed by atoms with Crippen LogP contribution in [0.5, 0.6) is 0 Å². The number of alkyl halides is 2. The number of hydrogen-bond donors (Lipinski definition) is 1. The molecule has 4 fully saturated rings. The number of hydrogen-bond acceptors (Lipinski definition) is 6. The first kappa shape index (κ1) is 26.5. The molecule has 3 saturated carbocycles. The first-order chi connectivity index (χ1) is 17.9. The van der Waals surface area contributed by atoms with E-state index in [4.69, 9.17) is 4.42 Å². The van der Waals surface area contributed by atoms with E-state index >= 15 is 4.39 Å². The van der Waals surface area contributed by atoms with Crippen LogP contribution in [0.4, 0.5) is 8.78 Å². The van der Waals surface area contributed by atoms with Gasteiger partial charge < -0.3 is 9.52 Å². The molecule has 1 aliphatic heterocycles. The lowest BCUT2D eigenvalue weighted by Crippen LogP contribution is -2.71. The molecule has 1 aromatic heterocycles. The molecule has 38 heavy (non-hydrogen) atoms. The van der Waals surface area contributed by atoms with Gasteiger partial charge in [-0.1, -0.05) is 37.3 Å². The van der Waals surface area contributed by atoms with Crippen molar-refractivity contribution in [1.82, 2.24) is 4.90 Å². The van der Waals surface area contributed by atoms with Crippen molar-refractivity contribution in [2.45, 2.75) is 71.7 Å². The number of thioether (sulfide) groups is 1. The third-order valence-corrected chi connectivity index (χ3v) is 12.5. The van der Waals surface area contributed by atoms with Crippen molar-refractivity contribution in [3.63, 3.8) is 0 Å². The Morgan fingerprint density at radius 2 is 2.03 bits per heavy atom. The third-order valence-electron chi connectivity index (χ3n) is 11.7. The van der Waals surface area contributed by atoms with Crippen LogP contribution in [0.2, 0.25) is 0 Å². The maximum Gasteiger partial charge on any atom is 0.199 e. The summed E-state index contributed by atoms with van der Waals surface area (Å²) in [5.41, 5.74) is -4.54. The van der Waals surface area contributed by atoms with Crippen molar-refractivity contribution in [1.29, 1.82) is 0 Å². The number of rotatable bonds is 4. The van der Waals surface area contributed by atoms with Gasteiger partial charge in [0.2, 0.25) is 0 Å². The Labute approximate surface area is 227 Å². The summed E-state index contributed by atoms with van der Waals surface area (Å²) in [5, 5.41) is 11.6. The number of allylic oxidation sites excluding steroid dienone is 4. The lowest BCUT2D eigenvalue weighted by molar-refractivity contribution is -0.235. The van der Waals surface area contributed by atoms with E-state index in [9.17, 15) is 19.1 Å². The molecule has 5 aliphatic rings. The summed E-state index contributed by atoms with van der Waals surface area (Å²) in [6, 6.07) is 3.06. The molecule has 1 aromatic rings. The molecule has 8 heteroatoms. The molecule has 0 radical (unpaired) electrons. The zero-order chi connectivity index (χ0) is 27.3. The molecule has 0 aromatic carbocycles. The van der Waals surface area contributed by atoms with Crippen molar-refractivity contribution >= 4 is 22.7 Å². The molecule has 6 rings (SSSR count). The van der Waals surface area contributed by atoms with Crippen LogP contribution in [-0.2, 0) is 16.1 Å². The van der Waals surface area contributed by atoms with Gasteiger partial charge in [-0.15, -0.1) is 0 Å². The highest BCUT2D eigenvalue weighted by Gasteiger charge is 2.81. The van der Waals surface area contributed by atoms with Gasteiger partial charge in [-0.3, -0.25) is 14.5 Å². The summed E-state index contributed by atoms with van der Waals surface area (Å²) in [7, 11) is 0. The Balaban J connectivity index is 1.43. The highest BCUT2D eigenvalue weighted by atomic mass is 32.2. The standard InChI is InChI=1S/C30H37F2NO4S/c1-18-5-7-22(37-18)15-33-14-20-12-27(3)23-8-6-19-11-21(34)9-10-26(19,2)30(23,32)24(35)13-28(27,4)29(20,16-33)25(36)38-17-31/h5,7,9-11,20,23-24,35H,6,8,12-17H2,1-4H3. The first-order valence-corrected chi connectivity index (χ1v) is 14.7. The van der Waals surface area contributed by atoms with E-state index in [1.807, 2.05) is 26.0 Å². The molecular weight excluding hydrogens is 508 g/mol. The fourth-order valence-corrected chi connectivity index (χ4v) is 10.6. The number of carbonyl (C=O) groups excluding carboxylic acids is 2. The van der Waals surface area contributed by atoms with Crippen molar-refractivity contribution in [2.24, 2.45) is 33.5 Å². The summed E-state index contributed by atoms with van der Waals surface area (Å²) in [4.78, 5) is 28.3. The number of furan rings is 1. The highest BCUT2D eigenvalue weighted by Crippen LogP contribution is 2.79. The van der Waals surface area contributed by atoms with Crippen LogP contribution in [-0.4, -0.2) is 51.8 Å². The average molecular weight is 546 g/mol. The van der Waals surface area contributed by atoms with Gasteiger partial charge in [-0.2, -0.15) is 0 Å². The maximum absolute atomic E-state index is 17.7. The Kier molecular flexibility index (Phi) is 5.83. The quantitative estimate of drug-likeness (QED) is 0.534. The Morgan fingerprint density at radius 3 is 2.71 bits per heavy atom. The number of nitrogens with zero attached hydrogens (tertiary/aromatic N) is 1. The molecule has 1 saturated heterocycles. The van der Waals surface area contributed by atoms with Gasteiger partial charge in [0.05, 0.1) is 18.1 Å². The van der Waals surface area contributed by atoms with Gasteiger partial charge in [0, 0.05) is 24.4 Å². The molecule has 1 N–H and O–H groups in total. The topological polar surface area (TPSA) is 70.8 Å². The van der Waals surface area contributed by atoms with Crippen molar-refractivity contribution < 1.29 is 27.9 Å². The molecule has 0 amide bonds. The monoisotopic (exact) mass is 545 g/mol. The third kappa shape index (κ3) is 3.06. The van der Waals surface area contributed by atoms with Crippen LogP contribution < -0.4 is 0 Å². The molecule has 0 bridgehead atoms. The van der Waals surface area contributed by atoms with Crippen LogP contribution >= 0.6 is 11.8 Å². The molecule has 8 atom stereocenters. The van der Waals surface area contributed by atoms with Gasteiger partial charge >= 0.3 is 0 Å². The van der Waals surface area contributed by atoms with E-state index in [-0.39, 0.29) is 23.2 Å². The van der Waals surface area contributed by atoms with Gasteiger partial charge in [-0.25, -0.2) is 8.78 Å². The molecule has 8 unspecified atom stereocenters. The second kappa shape index (κ2) is 8.37. The van der Waals surface area contributed by atoms with Crippen molar-refractivity contribution in [3.05, 3.63) is 47.5 Å². The minimum atomic E-state index is -1.97. The Hall–Kier alpha value is -1.77. The van der Waals surface area contributed by atoms with Gasteiger partial charge in [0.25, 0.3) is 0 Å². The van der Waals surface area contributed by atoms with E-state index < -0.39 is 45.4 Å². The molecule has 206 valence electrons. The van der Waals surface area contributed by atoms with Gasteiger partial charge in [0.15, 0.2) is 16.6 Å². The lowest BCUT2D eigenvalue weighted by atomic mass is 9.39. The van der Waals surface area contributed by atoms with Crippen LogP contribution in [0.25, 0.3) is 0 Å². The molecule has 4 aliphatic carbocycles. The summed E-state index contributed by atoms with van der Waals surface area (Å²) in [5.74, 6) is 0.917. The normalized spacial score (nSPS) is 45.8. The van der Waals surface area contributed by atoms with Gasteiger partial charge in [0.1, 0.15) is 17.5 Å². The minimum Gasteiger partial charge on any atom is -0.465 e. The Morgan fingerprint density at radius 1 is 1.26 bits per heavy atom. The number of fused-ring (bicyclic) bond motifs is 7. The van der Waals surface area contributed by atoms with E-state index in [0.29, 0.717) is 38.9 Å². The predicted octanol–water partition coefficient (Wildman–Crippen LogP) is 5.56. The van der Waals surface area contributed by atoms with E-state index in [0.717, 1.165) is 28.9 Å². The van der Waals surface area contributed by atoms with Crippen LogP contribution in [0.15, 0.2) is 40.4 Å². The number of aliphatic hydroxyl groups excluding tert-OH is 1. The number of aliphatic hydroxyl groups is 1. The molecular formula is C30H37F2NO4S. The summed E-state index contributed by atoms with van der Waals surface area (Å²) >= 11 is 0.720. The van der Waals surface area contributed by atoms with Crippen LogP contribution in [0.1, 0.15) is 58.0 Å². The van der Waals surface area contributed by atoms with Gasteiger partial charge in [-0.05, 0) is 80.6 Å². The summed E-state index contributed by atoms with van der Waals surface area (Å²) in [6.45, 7) is 9.50. The fourth-order valence-electron chi connectivity index (χ4n) is 9.81. The number of aryl methyl sites for hydroxylation is 1. The van der Waals surface area contributed by atoms with Crippen LogP contribution in [0.3, 0.4) is 0 Å². The molecule has 2 heterocycles. The zero-order valence-electron chi connectivity index (χ0n) is 22.6. The second-order valence-electron chi connectivity index (χ2n) is 13.0. The maximum atomic E-state index is 17.7. The number of ketones is 1. The lowest BCUT2D eigenvalue weighted by Gasteiger charge is -2.67. The van der Waals surface area contributed by atoms with Crippen molar-refractivity contribution in [2.75, 3.05) is 19.1 Å². The summed E-state index contributed by atoms with van der Waals surface area (Å²) < 4.78 is 37.2. The van der Waals surface area contributed by atoms with Crippen molar-refractivity contribution in [3.8, 4) is 0 Å². The van der Waals surface area contributed by atoms with Crippen LogP contribution in [0, 0.1) is 40.4 Å².